The molecule has 1 fully saturated rings. The average molecular weight is 461 g/mol. The third-order valence-electron chi connectivity index (χ3n) is 6.79. The lowest BCUT2D eigenvalue weighted by molar-refractivity contribution is 0.313. The molecule has 3 aromatic rings. The molecular weight excluding hydrogens is 431 g/mol. The fourth-order valence-corrected chi connectivity index (χ4v) is 6.06. The molecule has 0 spiro atoms. The molecule has 0 N–H and O–H groups in total. The number of nitriles is 1. The van der Waals surface area contributed by atoms with Crippen molar-refractivity contribution in [2.45, 2.75) is 32.1 Å². The molecule has 5 rings (SSSR count). The van der Waals surface area contributed by atoms with Crippen LogP contribution < -0.4 is 0 Å². The third-order valence-corrected chi connectivity index (χ3v) is 7.80. The van der Waals surface area contributed by atoms with E-state index >= 15 is 4.39 Å². The largest absolute Gasteiger partial charge is 0.355 e. The quantitative estimate of drug-likeness (QED) is 0.461. The highest BCUT2D eigenvalue weighted by Crippen LogP contribution is 2.29. The van der Waals surface area contributed by atoms with Gasteiger partial charge in [-0.3, -0.25) is 4.99 Å². The van der Waals surface area contributed by atoms with E-state index in [9.17, 15) is 5.26 Å². The Morgan fingerprint density at radius 3 is 2.79 bits per heavy atom. The maximum absolute atomic E-state index is 15.1. The van der Waals surface area contributed by atoms with E-state index in [0.717, 1.165) is 60.5 Å². The molecular formula is C27H29FN4S. The van der Waals surface area contributed by atoms with Crippen LogP contribution in [0.3, 0.4) is 0 Å². The van der Waals surface area contributed by atoms with E-state index in [0.29, 0.717) is 18.4 Å². The number of hydrogen-bond acceptors (Lipinski definition) is 5. The summed E-state index contributed by atoms with van der Waals surface area (Å²) in [5.41, 5.74) is 3.43. The van der Waals surface area contributed by atoms with E-state index in [4.69, 9.17) is 4.99 Å². The van der Waals surface area contributed by atoms with Crippen LogP contribution in [0.15, 0.2) is 46.8 Å². The molecule has 0 saturated carbocycles. The first-order valence-electron chi connectivity index (χ1n) is 11.9. The van der Waals surface area contributed by atoms with Gasteiger partial charge < -0.3 is 9.80 Å². The van der Waals surface area contributed by atoms with Gasteiger partial charge in [-0.2, -0.15) is 5.26 Å². The predicted octanol–water partition coefficient (Wildman–Crippen LogP) is 5.25. The highest BCUT2D eigenvalue weighted by atomic mass is 32.1. The summed E-state index contributed by atoms with van der Waals surface area (Å²) in [5, 5.41) is 12.6. The highest BCUT2D eigenvalue weighted by molar-refractivity contribution is 7.17. The zero-order valence-corrected chi connectivity index (χ0v) is 19.7. The second-order valence-corrected chi connectivity index (χ2v) is 9.86. The van der Waals surface area contributed by atoms with Crippen LogP contribution in [0.4, 0.5) is 4.39 Å². The standard InChI is InChI=1S/C27H29FN4S/c28-25-6-3-5-24(27-30-10-15-32(27)14-4-13-31-11-1-2-12-31)23(25)8-7-21-17-20(19-29)18-22-9-16-33-26(21)22/h3,5-6,9,16-18H,1-2,4,7-8,10-15H2. The van der Waals surface area contributed by atoms with Crippen LogP contribution >= 0.6 is 11.3 Å². The summed E-state index contributed by atoms with van der Waals surface area (Å²) in [4.78, 5) is 9.66. The number of amidine groups is 1. The van der Waals surface area contributed by atoms with Gasteiger partial charge in [-0.15, -0.1) is 11.3 Å². The smallest absolute Gasteiger partial charge is 0.131 e. The Morgan fingerprint density at radius 2 is 1.94 bits per heavy atom. The molecule has 2 aliphatic heterocycles. The van der Waals surface area contributed by atoms with Gasteiger partial charge >= 0.3 is 0 Å². The predicted molar refractivity (Wildman–Crippen MR) is 134 cm³/mol. The number of nitrogens with zero attached hydrogens (tertiary/aromatic N) is 4. The SMILES string of the molecule is N#Cc1cc(CCc2c(F)cccc2C2=NCCN2CCCN2CCCC2)c2sccc2c1. The van der Waals surface area contributed by atoms with E-state index in [1.54, 1.807) is 23.5 Å². The Labute approximate surface area is 199 Å². The van der Waals surface area contributed by atoms with Gasteiger partial charge in [0, 0.05) is 23.4 Å². The van der Waals surface area contributed by atoms with Crippen molar-refractivity contribution in [1.82, 2.24) is 9.80 Å². The minimum absolute atomic E-state index is 0.169. The van der Waals surface area contributed by atoms with Crippen molar-refractivity contribution in [3.05, 3.63) is 69.8 Å². The summed E-state index contributed by atoms with van der Waals surface area (Å²) >= 11 is 1.68. The molecule has 0 amide bonds. The van der Waals surface area contributed by atoms with E-state index in [1.165, 1.54) is 30.6 Å². The summed E-state index contributed by atoms with van der Waals surface area (Å²) in [7, 11) is 0. The van der Waals surface area contributed by atoms with E-state index in [-0.39, 0.29) is 5.82 Å². The van der Waals surface area contributed by atoms with E-state index in [2.05, 4.69) is 21.2 Å². The molecule has 33 heavy (non-hydrogen) atoms. The Morgan fingerprint density at radius 1 is 1.06 bits per heavy atom. The first-order valence-corrected chi connectivity index (χ1v) is 12.8. The van der Waals surface area contributed by atoms with Gasteiger partial charge in [0.2, 0.25) is 0 Å². The zero-order chi connectivity index (χ0) is 22.6. The van der Waals surface area contributed by atoms with Gasteiger partial charge in [0.15, 0.2) is 0 Å². The minimum atomic E-state index is -0.169. The summed E-state index contributed by atoms with van der Waals surface area (Å²) in [6.45, 7) is 6.22. The molecule has 0 bridgehead atoms. The number of fused-ring (bicyclic) bond motifs is 1. The van der Waals surface area contributed by atoms with Gasteiger partial charge in [-0.25, -0.2) is 4.39 Å². The number of thiophene rings is 1. The zero-order valence-electron chi connectivity index (χ0n) is 18.9. The molecule has 170 valence electrons. The topological polar surface area (TPSA) is 42.6 Å². The van der Waals surface area contributed by atoms with Crippen LogP contribution in [0.1, 0.15) is 41.5 Å². The summed E-state index contributed by atoms with van der Waals surface area (Å²) in [6, 6.07) is 13.6. The molecule has 0 aliphatic carbocycles. The molecule has 2 aromatic carbocycles. The fourth-order valence-electron chi connectivity index (χ4n) is 5.14. The van der Waals surface area contributed by atoms with Crippen LogP contribution in [0.25, 0.3) is 10.1 Å². The summed E-state index contributed by atoms with van der Waals surface area (Å²) < 4.78 is 16.2. The number of hydrogen-bond donors (Lipinski definition) is 0. The lowest BCUT2D eigenvalue weighted by atomic mass is 9.96. The summed E-state index contributed by atoms with van der Waals surface area (Å²) in [6.07, 6.45) is 5.03. The van der Waals surface area contributed by atoms with Gasteiger partial charge in [-0.1, -0.05) is 12.1 Å². The Balaban J connectivity index is 1.34. The number of rotatable bonds is 8. The van der Waals surface area contributed by atoms with Crippen molar-refractivity contribution in [1.29, 1.82) is 5.26 Å². The van der Waals surface area contributed by atoms with Crippen molar-refractivity contribution in [2.24, 2.45) is 4.99 Å². The molecule has 1 aromatic heterocycles. The molecule has 2 aliphatic rings. The average Bonchev–Trinajstić information content (AvgIpc) is 3.59. The van der Waals surface area contributed by atoms with Crippen LogP contribution in [-0.4, -0.2) is 54.9 Å². The first kappa shape index (κ1) is 22.1. The molecule has 4 nitrogen and oxygen atoms in total. The first-order chi connectivity index (χ1) is 16.2. The highest BCUT2D eigenvalue weighted by Gasteiger charge is 2.23. The number of halogens is 1. The molecule has 6 heteroatoms. The number of aryl methyl sites for hydroxylation is 1. The van der Waals surface area contributed by atoms with Crippen LogP contribution in [0.5, 0.6) is 0 Å². The Kier molecular flexibility index (Phi) is 6.70. The lowest BCUT2D eigenvalue weighted by Gasteiger charge is -2.24. The van der Waals surface area contributed by atoms with Gasteiger partial charge in [0.25, 0.3) is 0 Å². The van der Waals surface area contributed by atoms with Crippen LogP contribution in [0, 0.1) is 17.1 Å². The maximum atomic E-state index is 15.1. The fraction of sp³-hybridized carbons (Fsp3) is 0.407. The Bertz CT molecular complexity index is 1200. The second-order valence-electron chi connectivity index (χ2n) is 8.95. The minimum Gasteiger partial charge on any atom is -0.355 e. The van der Waals surface area contributed by atoms with Crippen molar-refractivity contribution >= 4 is 27.3 Å². The van der Waals surface area contributed by atoms with E-state index in [1.807, 2.05) is 24.3 Å². The lowest BCUT2D eigenvalue weighted by Crippen LogP contribution is -2.32. The number of likely N-dealkylation sites (tertiary alicyclic amines) is 1. The van der Waals surface area contributed by atoms with Gasteiger partial charge in [-0.05, 0) is 97.9 Å². The van der Waals surface area contributed by atoms with E-state index < -0.39 is 0 Å². The second kappa shape index (κ2) is 10.0. The normalized spacial score (nSPS) is 16.5. The monoisotopic (exact) mass is 460 g/mol. The molecule has 0 unspecified atom stereocenters. The number of aliphatic imine (C=N–C) groups is 1. The molecule has 3 heterocycles. The van der Waals surface area contributed by atoms with Crippen LogP contribution in [0.2, 0.25) is 0 Å². The Hall–Kier alpha value is -2.75. The van der Waals surface area contributed by atoms with Gasteiger partial charge in [0.1, 0.15) is 11.7 Å². The maximum Gasteiger partial charge on any atom is 0.131 e. The molecule has 1 saturated heterocycles. The van der Waals surface area contributed by atoms with Crippen molar-refractivity contribution in [3.63, 3.8) is 0 Å². The third kappa shape index (κ3) is 4.80. The van der Waals surface area contributed by atoms with Crippen LogP contribution in [-0.2, 0) is 12.8 Å². The molecule has 0 radical (unpaired) electrons. The number of benzene rings is 2. The van der Waals surface area contributed by atoms with Crippen molar-refractivity contribution in [3.8, 4) is 6.07 Å². The van der Waals surface area contributed by atoms with Crippen molar-refractivity contribution in [2.75, 3.05) is 39.3 Å². The van der Waals surface area contributed by atoms with Crippen molar-refractivity contribution < 1.29 is 4.39 Å². The summed E-state index contributed by atoms with van der Waals surface area (Å²) in [5.74, 6) is 0.774. The molecule has 0 atom stereocenters. The van der Waals surface area contributed by atoms with Gasteiger partial charge in [0.05, 0.1) is 18.2 Å².